The van der Waals surface area contributed by atoms with Gasteiger partial charge in [-0.3, -0.25) is 4.90 Å². The lowest BCUT2D eigenvalue weighted by Crippen LogP contribution is -2.45. The number of hydrogen-bond donors (Lipinski definition) is 2. The molecule has 3 nitrogen and oxygen atoms in total. The summed E-state index contributed by atoms with van der Waals surface area (Å²) in [6, 6.07) is 1.62. The van der Waals surface area contributed by atoms with E-state index in [1.807, 2.05) is 4.90 Å². The van der Waals surface area contributed by atoms with E-state index in [0.29, 0.717) is 6.42 Å². The summed E-state index contributed by atoms with van der Waals surface area (Å²) in [5.74, 6) is -1.96. The first-order chi connectivity index (χ1) is 9.15. The van der Waals surface area contributed by atoms with Crippen molar-refractivity contribution in [2.45, 2.75) is 12.5 Å². The molecule has 0 aliphatic carbocycles. The molecule has 0 radical (unpaired) electrons. The first kappa shape index (κ1) is 20.1. The third kappa shape index (κ3) is 4.54. The number of hydrogen-bond acceptors (Lipinski definition) is 3. The second-order valence-electron chi connectivity index (χ2n) is 4.62. The number of rotatable bonds is 4. The quantitative estimate of drug-likeness (QED) is 0.827. The number of aromatic hydroxyl groups is 1. The Kier molecular flexibility index (Phi) is 8.82. The number of nitrogens with zero attached hydrogens (tertiary/aromatic N) is 1. The minimum absolute atomic E-state index is 0. The van der Waals surface area contributed by atoms with Crippen molar-refractivity contribution < 1.29 is 13.9 Å². The van der Waals surface area contributed by atoms with Crippen molar-refractivity contribution in [2.75, 3.05) is 26.2 Å². The van der Waals surface area contributed by atoms with E-state index >= 15 is 0 Å². The summed E-state index contributed by atoms with van der Waals surface area (Å²) < 4.78 is 27.4. The van der Waals surface area contributed by atoms with Crippen LogP contribution in [0.2, 0.25) is 0 Å². The van der Waals surface area contributed by atoms with Gasteiger partial charge in [0.05, 0.1) is 5.56 Å². The predicted octanol–water partition coefficient (Wildman–Crippen LogP) is 3.04. The highest BCUT2D eigenvalue weighted by Gasteiger charge is 2.27. The van der Waals surface area contributed by atoms with Crippen LogP contribution in [0.15, 0.2) is 24.8 Å². The Balaban J connectivity index is 0.00000200. The number of nitrogens with one attached hydrogen (secondary N) is 1. The summed E-state index contributed by atoms with van der Waals surface area (Å²) >= 11 is 0. The summed E-state index contributed by atoms with van der Waals surface area (Å²) in [4.78, 5) is 2.04. The van der Waals surface area contributed by atoms with E-state index < -0.39 is 17.4 Å². The third-order valence-corrected chi connectivity index (χ3v) is 3.43. The van der Waals surface area contributed by atoms with Gasteiger partial charge in [-0.15, -0.1) is 31.4 Å². The summed E-state index contributed by atoms with van der Waals surface area (Å²) in [6.45, 7) is 6.72. The zero-order valence-electron chi connectivity index (χ0n) is 11.5. The van der Waals surface area contributed by atoms with E-state index in [1.165, 1.54) is 0 Å². The Morgan fingerprint density at radius 3 is 2.38 bits per heavy atom. The van der Waals surface area contributed by atoms with Crippen molar-refractivity contribution in [3.63, 3.8) is 0 Å². The summed E-state index contributed by atoms with van der Waals surface area (Å²) in [6.07, 6.45) is 2.13. The molecule has 0 aromatic heterocycles. The molecule has 21 heavy (non-hydrogen) atoms. The van der Waals surface area contributed by atoms with Crippen LogP contribution in [-0.4, -0.2) is 36.2 Å². The molecular weight excluding hydrogens is 321 g/mol. The van der Waals surface area contributed by atoms with Gasteiger partial charge in [0, 0.05) is 32.2 Å². The van der Waals surface area contributed by atoms with Crippen LogP contribution in [0.25, 0.3) is 0 Å². The van der Waals surface area contributed by atoms with Gasteiger partial charge in [-0.2, -0.15) is 0 Å². The first-order valence-electron chi connectivity index (χ1n) is 6.37. The molecule has 1 fully saturated rings. The van der Waals surface area contributed by atoms with Crippen LogP contribution < -0.4 is 5.32 Å². The third-order valence-electron chi connectivity index (χ3n) is 3.43. The van der Waals surface area contributed by atoms with Gasteiger partial charge in [-0.05, 0) is 18.6 Å². The standard InChI is InChI=1S/C14H18F2N2O.2ClH/c1-2-3-12(18-8-6-17-7-9-18)13-10(15)4-5-11(16)14(13)19;;/h2,4-5,12,17,19H,1,3,6-9H2;2*1H/t12-;;/m0../s1. The highest BCUT2D eigenvalue weighted by Crippen LogP contribution is 2.35. The average molecular weight is 341 g/mol. The SMILES string of the molecule is C=CC[C@@H](c1c(F)ccc(F)c1O)N1CCNCC1.Cl.Cl. The molecule has 0 spiro atoms. The fourth-order valence-corrected chi connectivity index (χ4v) is 2.47. The first-order valence-corrected chi connectivity index (χ1v) is 6.37. The van der Waals surface area contributed by atoms with Crippen LogP contribution in [0.3, 0.4) is 0 Å². The van der Waals surface area contributed by atoms with Crippen molar-refractivity contribution in [1.82, 2.24) is 10.2 Å². The summed E-state index contributed by atoms with van der Waals surface area (Å²) in [5, 5.41) is 13.0. The fourth-order valence-electron chi connectivity index (χ4n) is 2.47. The normalized spacial score (nSPS) is 16.5. The molecule has 1 atom stereocenters. The van der Waals surface area contributed by atoms with Gasteiger partial charge in [-0.25, -0.2) is 8.78 Å². The molecule has 1 aliphatic rings. The van der Waals surface area contributed by atoms with Crippen LogP contribution >= 0.6 is 24.8 Å². The van der Waals surface area contributed by atoms with Crippen molar-refractivity contribution in [1.29, 1.82) is 0 Å². The van der Waals surface area contributed by atoms with Crippen molar-refractivity contribution in [2.24, 2.45) is 0 Å². The summed E-state index contributed by atoms with van der Waals surface area (Å²) in [7, 11) is 0. The van der Waals surface area contributed by atoms with E-state index in [0.717, 1.165) is 38.3 Å². The van der Waals surface area contributed by atoms with E-state index in [2.05, 4.69) is 11.9 Å². The Morgan fingerprint density at radius 2 is 1.81 bits per heavy atom. The lowest BCUT2D eigenvalue weighted by Gasteiger charge is -2.35. The Labute approximate surface area is 135 Å². The average Bonchev–Trinajstić information content (AvgIpc) is 2.43. The van der Waals surface area contributed by atoms with E-state index in [1.54, 1.807) is 6.08 Å². The molecule has 7 heteroatoms. The van der Waals surface area contributed by atoms with E-state index in [4.69, 9.17) is 0 Å². The second kappa shape index (κ2) is 9.20. The van der Waals surface area contributed by atoms with Crippen LogP contribution in [0.1, 0.15) is 18.0 Å². The molecule has 2 rings (SSSR count). The van der Waals surface area contributed by atoms with Gasteiger partial charge in [-0.1, -0.05) is 6.08 Å². The lowest BCUT2D eigenvalue weighted by molar-refractivity contribution is 0.167. The minimum Gasteiger partial charge on any atom is -0.505 e. The van der Waals surface area contributed by atoms with E-state index in [9.17, 15) is 13.9 Å². The maximum Gasteiger partial charge on any atom is 0.165 e. The number of piperazine rings is 1. The van der Waals surface area contributed by atoms with Gasteiger partial charge >= 0.3 is 0 Å². The largest absolute Gasteiger partial charge is 0.505 e. The van der Waals surface area contributed by atoms with Gasteiger partial charge in [0.15, 0.2) is 11.6 Å². The highest BCUT2D eigenvalue weighted by atomic mass is 35.5. The van der Waals surface area contributed by atoms with Crippen LogP contribution in [0, 0.1) is 11.6 Å². The van der Waals surface area contributed by atoms with Gasteiger partial charge < -0.3 is 10.4 Å². The van der Waals surface area contributed by atoms with Crippen LogP contribution in [-0.2, 0) is 0 Å². The summed E-state index contributed by atoms with van der Waals surface area (Å²) in [5.41, 5.74) is 0.0294. The lowest BCUT2D eigenvalue weighted by atomic mass is 9.99. The van der Waals surface area contributed by atoms with Gasteiger partial charge in [0.25, 0.3) is 0 Å². The monoisotopic (exact) mass is 340 g/mol. The van der Waals surface area contributed by atoms with Crippen molar-refractivity contribution in [3.8, 4) is 5.75 Å². The maximum absolute atomic E-state index is 14.0. The Bertz CT molecular complexity index is 469. The van der Waals surface area contributed by atoms with Gasteiger partial charge in [0.1, 0.15) is 5.82 Å². The second-order valence-corrected chi connectivity index (χ2v) is 4.62. The molecule has 0 bridgehead atoms. The minimum atomic E-state index is -0.791. The number of benzene rings is 1. The van der Waals surface area contributed by atoms with Crippen molar-refractivity contribution in [3.05, 3.63) is 42.0 Å². The maximum atomic E-state index is 14.0. The Morgan fingerprint density at radius 1 is 1.24 bits per heavy atom. The molecule has 1 aromatic rings. The smallest absolute Gasteiger partial charge is 0.165 e. The van der Waals surface area contributed by atoms with Crippen LogP contribution in [0.4, 0.5) is 8.78 Å². The number of phenols is 1. The molecule has 0 unspecified atom stereocenters. The van der Waals surface area contributed by atoms with Crippen molar-refractivity contribution >= 4 is 24.8 Å². The predicted molar refractivity (Wildman–Crippen MR) is 84.5 cm³/mol. The fraction of sp³-hybridized carbons (Fsp3) is 0.429. The molecule has 1 heterocycles. The molecule has 0 amide bonds. The molecule has 2 N–H and O–H groups in total. The number of phenolic OH excluding ortho intramolecular Hbond substituents is 1. The molecule has 1 aliphatic heterocycles. The molecule has 120 valence electrons. The number of halogens is 4. The molecule has 1 aromatic carbocycles. The van der Waals surface area contributed by atoms with Crippen LogP contribution in [0.5, 0.6) is 5.75 Å². The van der Waals surface area contributed by atoms with E-state index in [-0.39, 0.29) is 36.4 Å². The zero-order chi connectivity index (χ0) is 13.8. The topological polar surface area (TPSA) is 35.5 Å². The highest BCUT2D eigenvalue weighted by molar-refractivity contribution is 5.85. The Hall–Kier alpha value is -0.880. The van der Waals surface area contributed by atoms with Gasteiger partial charge in [0.2, 0.25) is 0 Å². The molecule has 1 saturated heterocycles. The molecular formula is C14H20Cl2F2N2O. The zero-order valence-corrected chi connectivity index (χ0v) is 13.2. The molecule has 0 saturated carbocycles.